The van der Waals surface area contributed by atoms with E-state index in [1.807, 2.05) is 30.3 Å². The van der Waals surface area contributed by atoms with Crippen molar-refractivity contribution in [3.05, 3.63) is 300 Å². The van der Waals surface area contributed by atoms with Crippen LogP contribution < -0.4 is 9.80 Å². The lowest BCUT2D eigenvalue weighted by Gasteiger charge is -2.56. The second kappa shape index (κ2) is 15.7. The fraction of sp³-hybridized carbons (Fsp3) is 0.0312. The van der Waals surface area contributed by atoms with E-state index >= 15 is 0 Å². The van der Waals surface area contributed by atoms with Gasteiger partial charge in [-0.05, 0) is 136 Å². The van der Waals surface area contributed by atoms with Crippen LogP contribution in [0.5, 0.6) is 0 Å². The minimum atomic E-state index is -0.673. The Morgan fingerprint density at radius 2 is 0.586 bits per heavy atom. The molecule has 6 nitrogen and oxygen atoms in total. The third-order valence-corrected chi connectivity index (χ3v) is 14.7. The molecule has 6 heteroatoms. The Bertz CT molecular complexity index is 3590. The van der Waals surface area contributed by atoms with E-state index in [4.69, 9.17) is 9.97 Å². The van der Waals surface area contributed by atoms with E-state index in [9.17, 15) is 0 Å². The van der Waals surface area contributed by atoms with Crippen LogP contribution in [0.15, 0.2) is 255 Å². The summed E-state index contributed by atoms with van der Waals surface area (Å²) in [6, 6.07) is 84.2. The van der Waals surface area contributed by atoms with E-state index in [2.05, 4.69) is 220 Å². The van der Waals surface area contributed by atoms with Crippen LogP contribution in [0.3, 0.4) is 0 Å². The quantitative estimate of drug-likeness (QED) is 0.172. The minimum Gasteiger partial charge on any atom is -0.310 e. The Morgan fingerprint density at radius 1 is 0.271 bits per heavy atom. The zero-order valence-corrected chi connectivity index (χ0v) is 37.9. The number of fused-ring (bicyclic) bond motifs is 14. The largest absolute Gasteiger partial charge is 0.310 e. The van der Waals surface area contributed by atoms with Gasteiger partial charge in [-0.15, -0.1) is 0 Å². The number of para-hydroxylation sites is 5. The van der Waals surface area contributed by atoms with Gasteiger partial charge in [0.05, 0.1) is 45.0 Å². The molecule has 2 aliphatic heterocycles. The first kappa shape index (κ1) is 39.9. The SMILES string of the molecule is c1ccc(N2c3ccccc3C3(c4ccccc42)c2ccccc2C2(c4ccccc4N(c4ccc(-c5nc(-c6ccncc6)cc(-c6ccncc6)n5)cc4)c4ccccc42)c2ccccc23)cc1. The van der Waals surface area contributed by atoms with Crippen molar-refractivity contribution < 1.29 is 0 Å². The smallest absolute Gasteiger partial charge is 0.160 e. The maximum Gasteiger partial charge on any atom is 0.160 e. The minimum absolute atomic E-state index is 0.637. The fourth-order valence-corrected chi connectivity index (χ4v) is 12.0. The lowest BCUT2D eigenvalue weighted by atomic mass is 9.49. The average Bonchev–Trinajstić information content (AvgIpc) is 3.45. The standard InChI is InChI=1S/C64H42N6/c1-2-16-46(17-3-1)69-58-26-12-8-22-52(58)63(53-23-9-13-27-59(53)69)48-18-4-6-20-50(48)64(51-21-7-5-19-49(51)63)54-24-10-14-28-60(54)70(61-29-15-11-25-55(61)64)47-32-30-45(31-33-47)62-67-56(43-34-38-65-39-35-43)42-57(68-62)44-36-40-66-41-37-44/h1-42H. The maximum absolute atomic E-state index is 5.13. The summed E-state index contributed by atoms with van der Waals surface area (Å²) < 4.78 is 0. The van der Waals surface area contributed by atoms with E-state index in [1.54, 1.807) is 24.8 Å². The summed E-state index contributed by atoms with van der Waals surface area (Å²) in [5, 5.41) is 0. The Morgan fingerprint density at radius 3 is 0.957 bits per heavy atom. The van der Waals surface area contributed by atoms with Gasteiger partial charge in [-0.1, -0.05) is 140 Å². The average molecular weight is 895 g/mol. The van der Waals surface area contributed by atoms with Gasteiger partial charge >= 0.3 is 0 Å². The predicted octanol–water partition coefficient (Wildman–Crippen LogP) is 14.9. The third-order valence-electron chi connectivity index (χ3n) is 14.7. The van der Waals surface area contributed by atoms with Gasteiger partial charge in [0.1, 0.15) is 0 Å². The molecule has 3 aliphatic rings. The molecule has 0 saturated carbocycles. The lowest BCUT2D eigenvalue weighted by molar-refractivity contribution is 0.607. The van der Waals surface area contributed by atoms with Crippen LogP contribution in [0, 0.1) is 0 Å². The van der Waals surface area contributed by atoms with Gasteiger partial charge in [-0.25, -0.2) is 9.97 Å². The number of benzene rings is 8. The number of rotatable bonds is 5. The van der Waals surface area contributed by atoms with E-state index < -0.39 is 10.8 Å². The van der Waals surface area contributed by atoms with Crippen molar-refractivity contribution in [2.45, 2.75) is 10.8 Å². The zero-order valence-electron chi connectivity index (χ0n) is 37.9. The second-order valence-electron chi connectivity index (χ2n) is 18.1. The summed E-state index contributed by atoms with van der Waals surface area (Å²) in [6.07, 6.45) is 7.19. The first-order valence-corrected chi connectivity index (χ1v) is 23.8. The van der Waals surface area contributed by atoms with Crippen LogP contribution in [-0.4, -0.2) is 19.9 Å². The fourth-order valence-electron chi connectivity index (χ4n) is 12.0. The predicted molar refractivity (Wildman–Crippen MR) is 281 cm³/mol. The third kappa shape index (κ3) is 5.62. The first-order chi connectivity index (χ1) is 34.7. The molecule has 2 spiro atoms. The summed E-state index contributed by atoms with van der Waals surface area (Å²) in [7, 11) is 0. The lowest BCUT2D eigenvalue weighted by Crippen LogP contribution is -2.49. The van der Waals surface area contributed by atoms with Gasteiger partial charge in [0.25, 0.3) is 0 Å². The van der Waals surface area contributed by atoms with Crippen molar-refractivity contribution in [1.29, 1.82) is 0 Å². The Hall–Kier alpha value is -9.26. The van der Waals surface area contributed by atoms with Crippen molar-refractivity contribution in [3.63, 3.8) is 0 Å². The van der Waals surface area contributed by atoms with Crippen LogP contribution in [-0.2, 0) is 10.8 Å². The molecular weight excluding hydrogens is 853 g/mol. The van der Waals surface area contributed by atoms with Gasteiger partial charge in [-0.2, -0.15) is 0 Å². The molecule has 0 atom stereocenters. The molecule has 0 unspecified atom stereocenters. The Balaban J connectivity index is 0.973. The number of anilines is 6. The highest BCUT2D eigenvalue weighted by Crippen LogP contribution is 2.67. The number of aromatic nitrogens is 4. The van der Waals surface area contributed by atoms with E-state index in [-0.39, 0.29) is 0 Å². The molecular formula is C64H42N6. The molecule has 11 aromatic rings. The molecule has 0 bridgehead atoms. The van der Waals surface area contributed by atoms with Crippen molar-refractivity contribution in [3.8, 4) is 33.9 Å². The van der Waals surface area contributed by atoms with Crippen LogP contribution >= 0.6 is 0 Å². The number of hydrogen-bond donors (Lipinski definition) is 0. The van der Waals surface area contributed by atoms with Crippen LogP contribution in [0.2, 0.25) is 0 Å². The van der Waals surface area contributed by atoms with Crippen molar-refractivity contribution in [1.82, 2.24) is 19.9 Å². The molecule has 3 aromatic heterocycles. The van der Waals surface area contributed by atoms with Gasteiger partial charge < -0.3 is 9.80 Å². The highest BCUT2D eigenvalue weighted by Gasteiger charge is 2.58. The zero-order chi connectivity index (χ0) is 46.2. The van der Waals surface area contributed by atoms with Crippen LogP contribution in [0.4, 0.5) is 34.1 Å². The summed E-state index contributed by atoms with van der Waals surface area (Å²) >= 11 is 0. The molecule has 8 aromatic carbocycles. The van der Waals surface area contributed by atoms with Crippen LogP contribution in [0.25, 0.3) is 33.9 Å². The van der Waals surface area contributed by atoms with Gasteiger partial charge in [0.15, 0.2) is 5.82 Å². The number of hydrogen-bond acceptors (Lipinski definition) is 6. The Kier molecular flexibility index (Phi) is 8.92. The summed E-state index contributed by atoms with van der Waals surface area (Å²) in [5.74, 6) is 0.646. The van der Waals surface area contributed by atoms with Crippen molar-refractivity contribution in [2.24, 2.45) is 0 Å². The number of pyridine rings is 2. The summed E-state index contributed by atoms with van der Waals surface area (Å²) in [4.78, 5) is 23.7. The van der Waals surface area contributed by atoms with Crippen molar-refractivity contribution >= 4 is 34.1 Å². The molecule has 0 amide bonds. The highest BCUT2D eigenvalue weighted by molar-refractivity contribution is 5.95. The molecule has 0 N–H and O–H groups in total. The molecule has 1 aliphatic carbocycles. The Labute approximate surface area is 406 Å². The first-order valence-electron chi connectivity index (χ1n) is 23.8. The van der Waals surface area contributed by atoms with E-state index in [0.717, 1.165) is 50.8 Å². The molecule has 328 valence electrons. The van der Waals surface area contributed by atoms with Crippen LogP contribution in [0.1, 0.15) is 44.5 Å². The number of nitrogens with zero attached hydrogens (tertiary/aromatic N) is 6. The van der Waals surface area contributed by atoms with Gasteiger partial charge in [0, 0.05) is 52.9 Å². The maximum atomic E-state index is 5.13. The van der Waals surface area contributed by atoms with Gasteiger partial charge in [-0.3, -0.25) is 9.97 Å². The molecule has 70 heavy (non-hydrogen) atoms. The normalized spacial score (nSPS) is 14.2. The molecule has 0 saturated heterocycles. The summed E-state index contributed by atoms with van der Waals surface area (Å²) in [5.41, 5.74) is 20.1. The summed E-state index contributed by atoms with van der Waals surface area (Å²) in [6.45, 7) is 0. The second-order valence-corrected chi connectivity index (χ2v) is 18.1. The molecule has 0 radical (unpaired) electrons. The van der Waals surface area contributed by atoms with Crippen molar-refractivity contribution in [2.75, 3.05) is 9.80 Å². The molecule has 5 heterocycles. The van der Waals surface area contributed by atoms with E-state index in [0.29, 0.717) is 5.82 Å². The van der Waals surface area contributed by atoms with E-state index in [1.165, 1.54) is 55.9 Å². The molecule has 0 fully saturated rings. The highest BCUT2D eigenvalue weighted by atomic mass is 15.2. The topological polar surface area (TPSA) is 58.0 Å². The van der Waals surface area contributed by atoms with Gasteiger partial charge in [0.2, 0.25) is 0 Å². The molecule has 14 rings (SSSR count). The monoisotopic (exact) mass is 894 g/mol.